The quantitative estimate of drug-likeness (QED) is 0.626. The topological polar surface area (TPSA) is 29.5 Å². The third-order valence-corrected chi connectivity index (χ3v) is 1.39. The maximum absolute atomic E-state index is 9.09. The number of benzene rings is 1. The molecule has 0 radical (unpaired) electrons. The van der Waals surface area contributed by atoms with Gasteiger partial charge >= 0.3 is 0 Å². The highest BCUT2D eigenvalue weighted by molar-refractivity contribution is 5.26. The Labute approximate surface area is 65.1 Å². The summed E-state index contributed by atoms with van der Waals surface area (Å²) in [5.74, 6) is -0.0648. The monoisotopic (exact) mass is 150 g/mol. The van der Waals surface area contributed by atoms with Crippen LogP contribution in [0.4, 0.5) is 0 Å². The Balaban J connectivity index is 3.27. The molecular formula is C9H10O2. The second-order valence-corrected chi connectivity index (χ2v) is 2.21. The van der Waals surface area contributed by atoms with Crippen molar-refractivity contribution in [2.75, 3.05) is 7.11 Å². The smallest absolute Gasteiger partial charge is 0.283 e. The molecule has 0 spiro atoms. The molecule has 0 heterocycles. The van der Waals surface area contributed by atoms with Gasteiger partial charge in [-0.1, -0.05) is 18.7 Å². The van der Waals surface area contributed by atoms with Gasteiger partial charge in [-0.05, 0) is 17.4 Å². The molecule has 0 amide bonds. The number of methoxy groups -OCH3 is 1. The maximum Gasteiger partial charge on any atom is 0.283 e. The molecule has 0 aliphatic heterocycles. The first-order chi connectivity index (χ1) is 5.24. The van der Waals surface area contributed by atoms with Crippen molar-refractivity contribution >= 4 is 12.5 Å². The SMILES string of the molecule is C=c1ccc(=C(O)OC)cc1. The van der Waals surface area contributed by atoms with Gasteiger partial charge in [-0.25, -0.2) is 0 Å². The minimum Gasteiger partial charge on any atom is -0.481 e. The molecule has 0 aromatic heterocycles. The molecule has 0 atom stereocenters. The summed E-state index contributed by atoms with van der Waals surface area (Å²) >= 11 is 0. The Morgan fingerprint density at radius 1 is 1.36 bits per heavy atom. The molecule has 1 aromatic carbocycles. The molecule has 2 heteroatoms. The van der Waals surface area contributed by atoms with E-state index in [2.05, 4.69) is 11.3 Å². The maximum atomic E-state index is 9.09. The first-order valence-corrected chi connectivity index (χ1v) is 3.26. The summed E-state index contributed by atoms with van der Waals surface area (Å²) in [7, 11) is 1.42. The molecule has 1 N–H and O–H groups in total. The van der Waals surface area contributed by atoms with E-state index in [0.717, 1.165) is 5.22 Å². The van der Waals surface area contributed by atoms with Crippen LogP contribution < -0.4 is 10.4 Å². The lowest BCUT2D eigenvalue weighted by molar-refractivity contribution is 0.231. The van der Waals surface area contributed by atoms with Crippen LogP contribution in [-0.2, 0) is 4.74 Å². The first kappa shape index (κ1) is 7.66. The second kappa shape index (κ2) is 3.10. The van der Waals surface area contributed by atoms with E-state index in [1.807, 2.05) is 12.1 Å². The fourth-order valence-corrected chi connectivity index (χ4v) is 0.765. The third kappa shape index (κ3) is 1.74. The van der Waals surface area contributed by atoms with E-state index < -0.39 is 0 Å². The molecule has 1 aromatic rings. The molecule has 0 aliphatic carbocycles. The summed E-state index contributed by atoms with van der Waals surface area (Å²) in [6.07, 6.45) is 0. The van der Waals surface area contributed by atoms with Crippen molar-refractivity contribution in [2.45, 2.75) is 0 Å². The van der Waals surface area contributed by atoms with Gasteiger partial charge in [-0.3, -0.25) is 0 Å². The molecule has 58 valence electrons. The lowest BCUT2D eigenvalue weighted by Gasteiger charge is -1.94. The summed E-state index contributed by atoms with van der Waals surface area (Å²) in [6.45, 7) is 3.72. The highest BCUT2D eigenvalue weighted by Gasteiger charge is 1.88. The van der Waals surface area contributed by atoms with Gasteiger partial charge in [0.25, 0.3) is 5.95 Å². The normalized spacial score (nSPS) is 9.18. The summed E-state index contributed by atoms with van der Waals surface area (Å²) in [5.41, 5.74) is 0. The number of rotatable bonds is 1. The predicted octanol–water partition coefficient (Wildman–Crippen LogP) is 0.367. The van der Waals surface area contributed by atoms with Crippen LogP contribution in [0.15, 0.2) is 24.3 Å². The van der Waals surface area contributed by atoms with E-state index >= 15 is 0 Å². The van der Waals surface area contributed by atoms with Gasteiger partial charge in [-0.2, -0.15) is 0 Å². The zero-order valence-corrected chi connectivity index (χ0v) is 6.37. The number of hydrogen-bond acceptors (Lipinski definition) is 2. The van der Waals surface area contributed by atoms with Gasteiger partial charge in [0.1, 0.15) is 0 Å². The van der Waals surface area contributed by atoms with Crippen molar-refractivity contribution in [3.05, 3.63) is 34.7 Å². The van der Waals surface area contributed by atoms with Gasteiger partial charge in [0, 0.05) is 0 Å². The van der Waals surface area contributed by atoms with Crippen molar-refractivity contribution in [3.63, 3.8) is 0 Å². The Morgan fingerprint density at radius 3 is 2.36 bits per heavy atom. The largest absolute Gasteiger partial charge is 0.481 e. The Hall–Kier alpha value is -1.44. The van der Waals surface area contributed by atoms with Crippen molar-refractivity contribution in [2.24, 2.45) is 0 Å². The summed E-state index contributed by atoms with van der Waals surface area (Å²) in [6, 6.07) is 7.12. The van der Waals surface area contributed by atoms with Gasteiger partial charge in [-0.15, -0.1) is 0 Å². The van der Waals surface area contributed by atoms with Crippen LogP contribution in [0.5, 0.6) is 0 Å². The molecule has 0 saturated carbocycles. The molecule has 1 rings (SSSR count). The third-order valence-electron chi connectivity index (χ3n) is 1.39. The van der Waals surface area contributed by atoms with E-state index in [1.165, 1.54) is 7.11 Å². The Kier molecular flexibility index (Phi) is 2.16. The number of aliphatic hydroxyl groups is 1. The van der Waals surface area contributed by atoms with E-state index in [4.69, 9.17) is 5.11 Å². The molecule has 0 saturated heterocycles. The average Bonchev–Trinajstić information content (AvgIpc) is 2.05. The minimum atomic E-state index is -0.0648. The second-order valence-electron chi connectivity index (χ2n) is 2.21. The predicted molar refractivity (Wildman–Crippen MR) is 44.3 cm³/mol. The zero-order valence-electron chi connectivity index (χ0n) is 6.37. The van der Waals surface area contributed by atoms with Crippen LogP contribution in [0.1, 0.15) is 0 Å². The average molecular weight is 150 g/mol. The highest BCUT2D eigenvalue weighted by Crippen LogP contribution is 1.83. The van der Waals surface area contributed by atoms with E-state index in [0.29, 0.717) is 5.22 Å². The molecular weight excluding hydrogens is 140 g/mol. The van der Waals surface area contributed by atoms with Crippen molar-refractivity contribution in [3.8, 4) is 0 Å². The number of hydrogen-bond donors (Lipinski definition) is 1. The lowest BCUT2D eigenvalue weighted by Crippen LogP contribution is -2.09. The summed E-state index contributed by atoms with van der Waals surface area (Å²) in [5, 5.41) is 10.7. The lowest BCUT2D eigenvalue weighted by atomic mass is 10.3. The molecule has 0 unspecified atom stereocenters. The molecule has 0 fully saturated rings. The number of ether oxygens (including phenoxy) is 1. The van der Waals surface area contributed by atoms with Crippen LogP contribution >= 0.6 is 0 Å². The standard InChI is InChI=1S/C9H10O2/c1-7-3-5-8(6-4-7)9(10)11-2/h3-6,10H,1H2,2H3. The van der Waals surface area contributed by atoms with Crippen LogP contribution in [0.25, 0.3) is 12.5 Å². The number of aliphatic hydroxyl groups excluding tert-OH is 1. The zero-order chi connectivity index (χ0) is 8.27. The van der Waals surface area contributed by atoms with E-state index in [1.54, 1.807) is 12.1 Å². The van der Waals surface area contributed by atoms with Gasteiger partial charge in [0.15, 0.2) is 0 Å². The molecule has 11 heavy (non-hydrogen) atoms. The van der Waals surface area contributed by atoms with Gasteiger partial charge in [0.2, 0.25) is 0 Å². The summed E-state index contributed by atoms with van der Waals surface area (Å²) < 4.78 is 4.63. The Morgan fingerprint density at radius 2 is 1.91 bits per heavy atom. The fourth-order valence-electron chi connectivity index (χ4n) is 0.765. The highest BCUT2D eigenvalue weighted by atomic mass is 16.6. The van der Waals surface area contributed by atoms with Crippen molar-refractivity contribution in [1.82, 2.24) is 0 Å². The van der Waals surface area contributed by atoms with Crippen LogP contribution in [0, 0.1) is 0 Å². The van der Waals surface area contributed by atoms with Crippen molar-refractivity contribution in [1.29, 1.82) is 0 Å². The van der Waals surface area contributed by atoms with Crippen LogP contribution in [0.3, 0.4) is 0 Å². The molecule has 2 nitrogen and oxygen atoms in total. The van der Waals surface area contributed by atoms with E-state index in [-0.39, 0.29) is 5.95 Å². The molecule has 0 aliphatic rings. The minimum absolute atomic E-state index is 0.0648. The van der Waals surface area contributed by atoms with Crippen LogP contribution in [-0.4, -0.2) is 12.2 Å². The molecule has 0 bridgehead atoms. The Bertz CT molecular complexity index is 318. The van der Waals surface area contributed by atoms with Crippen molar-refractivity contribution < 1.29 is 9.84 Å². The summed E-state index contributed by atoms with van der Waals surface area (Å²) in [4.78, 5) is 0. The first-order valence-electron chi connectivity index (χ1n) is 3.26. The fraction of sp³-hybridized carbons (Fsp3) is 0.111. The van der Waals surface area contributed by atoms with E-state index in [9.17, 15) is 0 Å². The van der Waals surface area contributed by atoms with Gasteiger partial charge in [0.05, 0.1) is 12.3 Å². The van der Waals surface area contributed by atoms with Crippen LogP contribution in [0.2, 0.25) is 0 Å². The van der Waals surface area contributed by atoms with Gasteiger partial charge < -0.3 is 9.84 Å².